The summed E-state index contributed by atoms with van der Waals surface area (Å²) in [6.45, 7) is 6.51. The number of carbonyl (C=O) groups excluding carboxylic acids is 2. The highest BCUT2D eigenvalue weighted by Gasteiger charge is 2.08. The molecule has 1 aromatic rings. The van der Waals surface area contributed by atoms with E-state index in [2.05, 4.69) is 11.9 Å². The lowest BCUT2D eigenvalue weighted by Crippen LogP contribution is -2.38. The number of ether oxygens (including phenoxy) is 1. The fourth-order valence-corrected chi connectivity index (χ4v) is 1.85. The van der Waals surface area contributed by atoms with Crippen LogP contribution in [0.3, 0.4) is 0 Å². The second-order valence-corrected chi connectivity index (χ2v) is 4.63. The average Bonchev–Trinajstić information content (AvgIpc) is 2.47. The van der Waals surface area contributed by atoms with Crippen molar-refractivity contribution >= 4 is 11.8 Å². The monoisotopic (exact) mass is 290 g/mol. The fourth-order valence-electron chi connectivity index (χ4n) is 1.85. The van der Waals surface area contributed by atoms with Crippen molar-refractivity contribution < 1.29 is 14.3 Å². The van der Waals surface area contributed by atoms with Crippen molar-refractivity contribution in [1.82, 2.24) is 10.2 Å². The van der Waals surface area contributed by atoms with Gasteiger partial charge >= 0.3 is 0 Å². The van der Waals surface area contributed by atoms with Gasteiger partial charge in [0.05, 0.1) is 13.5 Å². The van der Waals surface area contributed by atoms with Crippen LogP contribution in [0.1, 0.15) is 12.5 Å². The lowest BCUT2D eigenvalue weighted by atomic mass is 10.1. The van der Waals surface area contributed by atoms with Crippen LogP contribution in [0, 0.1) is 0 Å². The number of hydrogen-bond acceptors (Lipinski definition) is 3. The third-order valence-corrected chi connectivity index (χ3v) is 3.02. The van der Waals surface area contributed by atoms with Gasteiger partial charge in [0.25, 0.3) is 0 Å². The first kappa shape index (κ1) is 16.8. The molecule has 0 atom stereocenters. The first-order chi connectivity index (χ1) is 10.1. The number of methoxy groups -OCH3 is 1. The van der Waals surface area contributed by atoms with E-state index in [0.29, 0.717) is 26.1 Å². The highest BCUT2D eigenvalue weighted by molar-refractivity contribution is 5.78. The molecule has 5 heteroatoms. The van der Waals surface area contributed by atoms with Gasteiger partial charge in [0.2, 0.25) is 11.8 Å². The second kappa shape index (κ2) is 8.79. The molecule has 1 N–H and O–H groups in total. The molecule has 21 heavy (non-hydrogen) atoms. The molecule has 1 aromatic carbocycles. The molecular formula is C16H22N2O3. The van der Waals surface area contributed by atoms with Crippen LogP contribution in [-0.4, -0.2) is 43.5 Å². The first-order valence-corrected chi connectivity index (χ1v) is 6.83. The normalized spacial score (nSPS) is 9.81. The van der Waals surface area contributed by atoms with Gasteiger partial charge in [-0.3, -0.25) is 9.59 Å². The molecule has 0 aliphatic carbocycles. The van der Waals surface area contributed by atoms with Crippen molar-refractivity contribution in [2.45, 2.75) is 13.3 Å². The van der Waals surface area contributed by atoms with Crippen LogP contribution >= 0.6 is 0 Å². The third-order valence-electron chi connectivity index (χ3n) is 3.02. The van der Waals surface area contributed by atoms with Crippen molar-refractivity contribution in [3.63, 3.8) is 0 Å². The van der Waals surface area contributed by atoms with Crippen LogP contribution < -0.4 is 10.1 Å². The maximum Gasteiger partial charge on any atom is 0.224 e. The predicted molar refractivity (Wildman–Crippen MR) is 82.2 cm³/mol. The summed E-state index contributed by atoms with van der Waals surface area (Å²) in [6, 6.07) is 7.37. The van der Waals surface area contributed by atoms with Crippen LogP contribution in [0.2, 0.25) is 0 Å². The van der Waals surface area contributed by atoms with E-state index in [-0.39, 0.29) is 11.8 Å². The molecule has 0 heterocycles. The molecule has 0 aliphatic heterocycles. The second-order valence-electron chi connectivity index (χ2n) is 4.63. The standard InChI is InChI=1S/C16H22N2O3/c1-4-10-18(13(2)19)11-9-17-16(20)12-14-5-7-15(21-3)8-6-14/h4-8H,1,9-12H2,2-3H3,(H,17,20). The Bertz CT molecular complexity index is 483. The summed E-state index contributed by atoms with van der Waals surface area (Å²) in [5.41, 5.74) is 0.919. The zero-order valence-corrected chi connectivity index (χ0v) is 12.6. The van der Waals surface area contributed by atoms with E-state index in [0.717, 1.165) is 11.3 Å². The van der Waals surface area contributed by atoms with Gasteiger partial charge in [-0.15, -0.1) is 6.58 Å². The number of nitrogens with zero attached hydrogens (tertiary/aromatic N) is 1. The highest BCUT2D eigenvalue weighted by atomic mass is 16.5. The Balaban J connectivity index is 2.36. The van der Waals surface area contributed by atoms with E-state index in [1.807, 2.05) is 24.3 Å². The Morgan fingerprint density at radius 3 is 2.52 bits per heavy atom. The number of carbonyl (C=O) groups is 2. The number of hydrogen-bond donors (Lipinski definition) is 1. The van der Waals surface area contributed by atoms with E-state index in [9.17, 15) is 9.59 Å². The van der Waals surface area contributed by atoms with E-state index in [1.165, 1.54) is 6.92 Å². The van der Waals surface area contributed by atoms with Crippen LogP contribution in [0.4, 0.5) is 0 Å². The van der Waals surface area contributed by atoms with Gasteiger partial charge < -0.3 is 15.0 Å². The van der Waals surface area contributed by atoms with Gasteiger partial charge in [-0.05, 0) is 17.7 Å². The van der Waals surface area contributed by atoms with Gasteiger partial charge in [0.1, 0.15) is 5.75 Å². The number of rotatable bonds is 8. The van der Waals surface area contributed by atoms with Crippen molar-refractivity contribution in [1.29, 1.82) is 0 Å². The molecule has 0 saturated heterocycles. The summed E-state index contributed by atoms with van der Waals surface area (Å²) < 4.78 is 5.06. The predicted octanol–water partition coefficient (Wildman–Crippen LogP) is 1.39. The average molecular weight is 290 g/mol. The fraction of sp³-hybridized carbons (Fsp3) is 0.375. The zero-order valence-electron chi connectivity index (χ0n) is 12.6. The molecule has 2 amide bonds. The lowest BCUT2D eigenvalue weighted by Gasteiger charge is -2.19. The number of benzene rings is 1. The zero-order chi connectivity index (χ0) is 15.7. The molecule has 114 valence electrons. The molecule has 0 bridgehead atoms. The molecule has 0 radical (unpaired) electrons. The quantitative estimate of drug-likeness (QED) is 0.736. The van der Waals surface area contributed by atoms with Gasteiger partial charge in [-0.1, -0.05) is 18.2 Å². The molecule has 0 saturated carbocycles. The summed E-state index contributed by atoms with van der Waals surface area (Å²) in [4.78, 5) is 24.8. The SMILES string of the molecule is C=CCN(CCNC(=O)Cc1ccc(OC)cc1)C(C)=O. The Morgan fingerprint density at radius 1 is 1.33 bits per heavy atom. The summed E-state index contributed by atoms with van der Waals surface area (Å²) in [7, 11) is 1.60. The van der Waals surface area contributed by atoms with Crippen LogP contribution in [-0.2, 0) is 16.0 Å². The minimum absolute atomic E-state index is 0.0284. The first-order valence-electron chi connectivity index (χ1n) is 6.83. The van der Waals surface area contributed by atoms with E-state index in [4.69, 9.17) is 4.74 Å². The molecule has 5 nitrogen and oxygen atoms in total. The Hall–Kier alpha value is -2.30. The Labute approximate surface area is 125 Å². The van der Waals surface area contributed by atoms with Crippen LogP contribution in [0.5, 0.6) is 5.75 Å². The number of amides is 2. The molecule has 0 aromatic heterocycles. The van der Waals surface area contributed by atoms with Crippen molar-refractivity contribution in [2.24, 2.45) is 0 Å². The molecule has 0 fully saturated rings. The summed E-state index contributed by atoms with van der Waals surface area (Å²) in [5.74, 6) is 0.669. The van der Waals surface area contributed by atoms with Gasteiger partial charge in [0, 0.05) is 26.6 Å². The summed E-state index contributed by atoms with van der Waals surface area (Å²) in [5, 5.41) is 2.81. The third kappa shape index (κ3) is 6.12. The van der Waals surface area contributed by atoms with E-state index < -0.39 is 0 Å². The van der Waals surface area contributed by atoms with Crippen molar-refractivity contribution in [3.05, 3.63) is 42.5 Å². The maximum atomic E-state index is 11.8. The summed E-state index contributed by atoms with van der Waals surface area (Å²) >= 11 is 0. The smallest absolute Gasteiger partial charge is 0.224 e. The minimum Gasteiger partial charge on any atom is -0.497 e. The van der Waals surface area contributed by atoms with Gasteiger partial charge in [-0.25, -0.2) is 0 Å². The largest absolute Gasteiger partial charge is 0.497 e. The molecule has 0 aliphatic rings. The van der Waals surface area contributed by atoms with Gasteiger partial charge in [0.15, 0.2) is 0 Å². The van der Waals surface area contributed by atoms with Crippen LogP contribution in [0.15, 0.2) is 36.9 Å². The molecule has 0 spiro atoms. The molecule has 0 unspecified atom stereocenters. The van der Waals surface area contributed by atoms with E-state index >= 15 is 0 Å². The number of nitrogens with one attached hydrogen (secondary N) is 1. The van der Waals surface area contributed by atoms with Crippen molar-refractivity contribution in [3.8, 4) is 5.75 Å². The molecule has 1 rings (SSSR count). The Kier molecular flexibility index (Phi) is 7.01. The minimum atomic E-state index is -0.0673. The highest BCUT2D eigenvalue weighted by Crippen LogP contribution is 2.11. The lowest BCUT2D eigenvalue weighted by molar-refractivity contribution is -0.129. The summed E-state index contributed by atoms with van der Waals surface area (Å²) in [6.07, 6.45) is 1.98. The van der Waals surface area contributed by atoms with E-state index in [1.54, 1.807) is 18.1 Å². The Morgan fingerprint density at radius 2 is 2.00 bits per heavy atom. The topological polar surface area (TPSA) is 58.6 Å². The van der Waals surface area contributed by atoms with Crippen LogP contribution in [0.25, 0.3) is 0 Å². The maximum absolute atomic E-state index is 11.8. The van der Waals surface area contributed by atoms with Gasteiger partial charge in [-0.2, -0.15) is 0 Å². The molecular weight excluding hydrogens is 268 g/mol. The van der Waals surface area contributed by atoms with Crippen molar-refractivity contribution in [2.75, 3.05) is 26.7 Å².